The van der Waals surface area contributed by atoms with Gasteiger partial charge in [-0.3, -0.25) is 4.90 Å². The molecule has 0 amide bonds. The van der Waals surface area contributed by atoms with Crippen LogP contribution in [0.3, 0.4) is 0 Å². The van der Waals surface area contributed by atoms with Gasteiger partial charge in [0, 0.05) is 50.5 Å². The number of hydrogen-bond donors (Lipinski definition) is 1. The fourth-order valence-corrected chi connectivity index (χ4v) is 2.59. The summed E-state index contributed by atoms with van der Waals surface area (Å²) in [5.74, 6) is 0. The van der Waals surface area contributed by atoms with Crippen molar-refractivity contribution in [3.05, 3.63) is 29.3 Å². The second-order valence-electron chi connectivity index (χ2n) is 4.88. The Labute approximate surface area is 119 Å². The molecule has 0 bridgehead atoms. The van der Waals surface area contributed by atoms with Crippen LogP contribution in [0.4, 0.5) is 5.69 Å². The van der Waals surface area contributed by atoms with E-state index in [1.54, 1.807) is 7.11 Å². The molecule has 0 spiro atoms. The van der Waals surface area contributed by atoms with Gasteiger partial charge in [-0.25, -0.2) is 0 Å². The molecule has 4 nitrogen and oxygen atoms in total. The van der Waals surface area contributed by atoms with Gasteiger partial charge < -0.3 is 14.7 Å². The lowest BCUT2D eigenvalue weighted by Gasteiger charge is -2.36. The van der Waals surface area contributed by atoms with Crippen molar-refractivity contribution >= 4 is 17.3 Å². The first-order chi connectivity index (χ1) is 9.19. The maximum atomic E-state index is 9.72. The predicted octanol–water partition coefficient (Wildman–Crippen LogP) is 1.47. The van der Waals surface area contributed by atoms with E-state index >= 15 is 0 Å². The quantitative estimate of drug-likeness (QED) is 0.888. The number of hydrogen-bond acceptors (Lipinski definition) is 4. The smallest absolute Gasteiger partial charge is 0.0900 e. The van der Waals surface area contributed by atoms with E-state index in [-0.39, 0.29) is 0 Å². The molecule has 1 unspecified atom stereocenters. The van der Waals surface area contributed by atoms with Crippen LogP contribution in [0.1, 0.15) is 0 Å². The molecule has 106 valence electrons. The lowest BCUT2D eigenvalue weighted by Crippen LogP contribution is -2.49. The highest BCUT2D eigenvalue weighted by molar-refractivity contribution is 6.30. The van der Waals surface area contributed by atoms with Crippen molar-refractivity contribution in [3.63, 3.8) is 0 Å². The molecule has 1 aromatic rings. The summed E-state index contributed by atoms with van der Waals surface area (Å²) in [6, 6.07) is 7.95. The van der Waals surface area contributed by atoms with E-state index in [2.05, 4.69) is 15.9 Å². The molecule has 1 atom stereocenters. The van der Waals surface area contributed by atoms with Gasteiger partial charge in [-0.1, -0.05) is 17.7 Å². The van der Waals surface area contributed by atoms with Crippen LogP contribution in [0.2, 0.25) is 5.02 Å². The minimum atomic E-state index is -0.400. The molecule has 5 heteroatoms. The summed E-state index contributed by atoms with van der Waals surface area (Å²) in [6.07, 6.45) is -0.400. The number of aliphatic hydroxyl groups excluding tert-OH is 1. The number of piperazine rings is 1. The van der Waals surface area contributed by atoms with E-state index in [0.717, 1.165) is 31.2 Å². The summed E-state index contributed by atoms with van der Waals surface area (Å²) in [5.41, 5.74) is 1.17. The number of benzene rings is 1. The first kappa shape index (κ1) is 14.6. The zero-order valence-corrected chi connectivity index (χ0v) is 12.0. The molecule has 19 heavy (non-hydrogen) atoms. The number of aliphatic hydroxyl groups is 1. The Balaban J connectivity index is 1.82. The van der Waals surface area contributed by atoms with Crippen molar-refractivity contribution < 1.29 is 9.84 Å². The van der Waals surface area contributed by atoms with Gasteiger partial charge in [0.2, 0.25) is 0 Å². The molecular weight excluding hydrogens is 264 g/mol. The summed E-state index contributed by atoms with van der Waals surface area (Å²) in [6.45, 7) is 4.90. The summed E-state index contributed by atoms with van der Waals surface area (Å²) in [4.78, 5) is 4.59. The van der Waals surface area contributed by atoms with Gasteiger partial charge in [0.1, 0.15) is 0 Å². The Bertz CT molecular complexity index is 395. The molecule has 1 fully saturated rings. The molecule has 0 aliphatic carbocycles. The van der Waals surface area contributed by atoms with Gasteiger partial charge in [0.25, 0.3) is 0 Å². The van der Waals surface area contributed by atoms with Gasteiger partial charge >= 0.3 is 0 Å². The number of rotatable bonds is 5. The van der Waals surface area contributed by atoms with E-state index in [1.165, 1.54) is 5.69 Å². The highest BCUT2D eigenvalue weighted by Crippen LogP contribution is 2.20. The number of ether oxygens (including phenoxy) is 1. The number of halogens is 1. The van der Waals surface area contributed by atoms with Gasteiger partial charge in [0.05, 0.1) is 12.7 Å². The van der Waals surface area contributed by atoms with Gasteiger partial charge in [0.15, 0.2) is 0 Å². The molecule has 1 aliphatic rings. The fraction of sp³-hybridized carbons (Fsp3) is 0.571. The van der Waals surface area contributed by atoms with Gasteiger partial charge in [-0.15, -0.1) is 0 Å². The van der Waals surface area contributed by atoms with Crippen LogP contribution in [0, 0.1) is 0 Å². The molecule has 0 radical (unpaired) electrons. The Kier molecular flexibility index (Phi) is 5.45. The van der Waals surface area contributed by atoms with Crippen LogP contribution in [-0.4, -0.2) is 62.6 Å². The van der Waals surface area contributed by atoms with E-state index in [0.29, 0.717) is 13.2 Å². The fourth-order valence-electron chi connectivity index (χ4n) is 2.40. The lowest BCUT2D eigenvalue weighted by molar-refractivity contribution is 0.0365. The summed E-state index contributed by atoms with van der Waals surface area (Å²) in [5, 5.41) is 10.5. The van der Waals surface area contributed by atoms with Crippen molar-refractivity contribution in [1.29, 1.82) is 0 Å². The minimum Gasteiger partial charge on any atom is -0.389 e. The summed E-state index contributed by atoms with van der Waals surface area (Å²) >= 11 is 6.01. The molecule has 0 aromatic heterocycles. The molecule has 0 saturated carbocycles. The second kappa shape index (κ2) is 7.10. The molecule has 1 aromatic carbocycles. The SMILES string of the molecule is COCC(O)CN1CCN(c2cccc(Cl)c2)CC1. The normalized spacial score (nSPS) is 18.6. The van der Waals surface area contributed by atoms with Crippen LogP contribution in [0.25, 0.3) is 0 Å². The largest absolute Gasteiger partial charge is 0.389 e. The average molecular weight is 285 g/mol. The Morgan fingerprint density at radius 3 is 2.68 bits per heavy atom. The maximum Gasteiger partial charge on any atom is 0.0900 e. The predicted molar refractivity (Wildman–Crippen MR) is 78.0 cm³/mol. The molecule has 2 rings (SSSR count). The highest BCUT2D eigenvalue weighted by atomic mass is 35.5. The minimum absolute atomic E-state index is 0.397. The van der Waals surface area contributed by atoms with Crippen molar-refractivity contribution in [3.8, 4) is 0 Å². The molecule has 1 N–H and O–H groups in total. The lowest BCUT2D eigenvalue weighted by atomic mass is 10.2. The summed E-state index contributed by atoms with van der Waals surface area (Å²) < 4.78 is 4.95. The zero-order valence-electron chi connectivity index (χ0n) is 11.3. The van der Waals surface area contributed by atoms with Crippen molar-refractivity contribution in [2.45, 2.75) is 6.10 Å². The van der Waals surface area contributed by atoms with Gasteiger partial charge in [-0.2, -0.15) is 0 Å². The van der Waals surface area contributed by atoms with Crippen molar-refractivity contribution in [1.82, 2.24) is 4.90 Å². The van der Waals surface area contributed by atoms with Crippen LogP contribution >= 0.6 is 11.6 Å². The first-order valence-electron chi connectivity index (χ1n) is 6.59. The monoisotopic (exact) mass is 284 g/mol. The maximum absolute atomic E-state index is 9.72. The average Bonchev–Trinajstić information content (AvgIpc) is 2.40. The second-order valence-corrected chi connectivity index (χ2v) is 5.31. The van der Waals surface area contributed by atoms with Crippen molar-refractivity contribution in [2.75, 3.05) is 51.3 Å². The molecule has 1 heterocycles. The van der Waals surface area contributed by atoms with Crippen LogP contribution in [0.15, 0.2) is 24.3 Å². The number of β-amino-alcohol motifs (C(OH)–C–C–N with tert-alkyl or cyclic N) is 1. The van der Waals surface area contributed by atoms with Crippen molar-refractivity contribution in [2.24, 2.45) is 0 Å². The Morgan fingerprint density at radius 2 is 2.05 bits per heavy atom. The van der Waals surface area contributed by atoms with Crippen LogP contribution in [-0.2, 0) is 4.74 Å². The third-order valence-electron chi connectivity index (χ3n) is 3.37. The standard InChI is InChI=1S/C14H21ClN2O2/c1-19-11-14(18)10-16-5-7-17(8-6-16)13-4-2-3-12(15)9-13/h2-4,9,14,18H,5-8,10-11H2,1H3. The van der Waals surface area contributed by atoms with E-state index in [4.69, 9.17) is 16.3 Å². The van der Waals surface area contributed by atoms with Crippen LogP contribution in [0.5, 0.6) is 0 Å². The first-order valence-corrected chi connectivity index (χ1v) is 6.96. The Morgan fingerprint density at radius 1 is 1.32 bits per heavy atom. The number of anilines is 1. The van der Waals surface area contributed by atoms with Crippen LogP contribution < -0.4 is 4.90 Å². The highest BCUT2D eigenvalue weighted by Gasteiger charge is 2.19. The Hall–Kier alpha value is -0.810. The zero-order chi connectivity index (χ0) is 13.7. The molecule has 1 aliphatic heterocycles. The summed E-state index contributed by atoms with van der Waals surface area (Å²) in [7, 11) is 1.61. The third-order valence-corrected chi connectivity index (χ3v) is 3.61. The number of nitrogens with zero attached hydrogens (tertiary/aromatic N) is 2. The van der Waals surface area contributed by atoms with Gasteiger partial charge in [-0.05, 0) is 18.2 Å². The van der Waals surface area contributed by atoms with E-state index in [1.807, 2.05) is 18.2 Å². The molecule has 1 saturated heterocycles. The van der Waals surface area contributed by atoms with E-state index in [9.17, 15) is 5.11 Å². The number of methoxy groups -OCH3 is 1. The topological polar surface area (TPSA) is 35.9 Å². The molecular formula is C14H21ClN2O2. The third kappa shape index (κ3) is 4.35. The van der Waals surface area contributed by atoms with E-state index < -0.39 is 6.10 Å².